The normalized spacial score (nSPS) is 20.0. The number of hydrogen-bond donors (Lipinski definition) is 0. The number of ether oxygens (including phenoxy) is 2. The topological polar surface area (TPSA) is 72.0 Å². The van der Waals surface area contributed by atoms with Crippen molar-refractivity contribution in [2.45, 2.75) is 44.2 Å². The number of thiazole rings is 1. The van der Waals surface area contributed by atoms with Gasteiger partial charge in [0.2, 0.25) is 10.0 Å². The third-order valence-corrected chi connectivity index (χ3v) is 8.83. The lowest BCUT2D eigenvalue weighted by molar-refractivity contribution is 0.0584. The molecule has 1 aromatic heterocycles. The Balaban J connectivity index is 1.20. The molecule has 4 rings (SSSR count). The van der Waals surface area contributed by atoms with Gasteiger partial charge in [-0.25, -0.2) is 17.7 Å². The molecule has 2 aliphatic heterocycles. The van der Waals surface area contributed by atoms with E-state index in [0.29, 0.717) is 25.6 Å². The van der Waals surface area contributed by atoms with Gasteiger partial charge in [-0.2, -0.15) is 0 Å². The van der Waals surface area contributed by atoms with Gasteiger partial charge < -0.3 is 14.4 Å². The smallest absolute Gasteiger partial charge is 0.273 e. The summed E-state index contributed by atoms with van der Waals surface area (Å²) in [5, 5.41) is 2.69. The number of hydrogen-bond acceptors (Lipinski definition) is 7. The van der Waals surface area contributed by atoms with Crippen LogP contribution in [0.3, 0.4) is 0 Å². The minimum absolute atomic E-state index is 0.156. The molecule has 0 amide bonds. The van der Waals surface area contributed by atoms with Gasteiger partial charge in [0.25, 0.3) is 5.19 Å². The second kappa shape index (κ2) is 10.3. The van der Waals surface area contributed by atoms with Crippen LogP contribution in [0.1, 0.15) is 31.2 Å². The molecule has 0 radical (unpaired) electrons. The Bertz CT molecular complexity index is 903. The lowest BCUT2D eigenvalue weighted by atomic mass is 10.00. The highest BCUT2D eigenvalue weighted by molar-refractivity contribution is 7.89. The predicted molar refractivity (Wildman–Crippen MR) is 122 cm³/mol. The maximum Gasteiger partial charge on any atom is 0.273 e. The van der Waals surface area contributed by atoms with E-state index in [0.717, 1.165) is 55.3 Å². The largest absolute Gasteiger partial charge is 0.497 e. The highest BCUT2D eigenvalue weighted by atomic mass is 32.2. The summed E-state index contributed by atoms with van der Waals surface area (Å²) in [5.41, 5.74) is 1.02. The molecule has 0 spiro atoms. The van der Waals surface area contributed by atoms with Gasteiger partial charge in [-0.05, 0) is 49.8 Å². The van der Waals surface area contributed by atoms with Crippen LogP contribution in [0.25, 0.3) is 0 Å². The number of likely N-dealkylation sites (tertiary alicyclic amines) is 1. The SMILES string of the molecule is COc1ccc(CCS(=O)(=O)N2CCC(N3CCC(Oc4nccs4)CC3)CC2)cc1. The summed E-state index contributed by atoms with van der Waals surface area (Å²) in [4.78, 5) is 6.72. The second-order valence-corrected chi connectivity index (χ2v) is 11.1. The molecule has 0 aliphatic carbocycles. The van der Waals surface area contributed by atoms with Crippen LogP contribution in [0.2, 0.25) is 0 Å². The van der Waals surface area contributed by atoms with E-state index < -0.39 is 10.0 Å². The zero-order chi connectivity index (χ0) is 21.7. The Morgan fingerprint density at radius 3 is 2.39 bits per heavy atom. The standard InChI is InChI=1S/C22H31N3O4S2/c1-28-20-4-2-18(3-5-20)10-17-31(26,27)25-14-6-19(7-15-25)24-12-8-21(9-13-24)29-22-23-11-16-30-22/h2-5,11,16,19,21H,6-10,12-15,17H2,1H3. The molecular formula is C22H31N3O4S2. The van der Waals surface area contributed by atoms with Crippen LogP contribution in [0.15, 0.2) is 35.8 Å². The summed E-state index contributed by atoms with van der Waals surface area (Å²) in [6, 6.07) is 8.08. The number of aryl methyl sites for hydroxylation is 1. The van der Waals surface area contributed by atoms with E-state index in [2.05, 4.69) is 9.88 Å². The number of benzene rings is 1. The summed E-state index contributed by atoms with van der Waals surface area (Å²) in [7, 11) is -1.60. The van der Waals surface area contributed by atoms with E-state index in [4.69, 9.17) is 9.47 Å². The first-order valence-electron chi connectivity index (χ1n) is 10.9. The molecule has 0 N–H and O–H groups in total. The van der Waals surface area contributed by atoms with Crippen molar-refractivity contribution >= 4 is 21.4 Å². The zero-order valence-corrected chi connectivity index (χ0v) is 19.6. The minimum atomic E-state index is -3.23. The number of piperidine rings is 2. The summed E-state index contributed by atoms with van der Waals surface area (Å²) in [5.74, 6) is 0.941. The van der Waals surface area contributed by atoms with E-state index in [-0.39, 0.29) is 11.9 Å². The Hall–Kier alpha value is -1.68. The van der Waals surface area contributed by atoms with Crippen LogP contribution in [-0.4, -0.2) is 73.8 Å². The number of sulfonamides is 1. The first kappa shape index (κ1) is 22.5. The lowest BCUT2D eigenvalue weighted by Crippen LogP contribution is -2.50. The second-order valence-electron chi connectivity index (χ2n) is 8.20. The van der Waals surface area contributed by atoms with Crippen molar-refractivity contribution in [2.24, 2.45) is 0 Å². The fraction of sp³-hybridized carbons (Fsp3) is 0.591. The first-order valence-corrected chi connectivity index (χ1v) is 13.4. The molecule has 2 fully saturated rings. The van der Waals surface area contributed by atoms with Gasteiger partial charge in [0.15, 0.2) is 0 Å². The van der Waals surface area contributed by atoms with E-state index in [1.54, 1.807) is 17.6 Å². The summed E-state index contributed by atoms with van der Waals surface area (Å²) < 4.78 is 38.5. The van der Waals surface area contributed by atoms with Crippen LogP contribution in [0, 0.1) is 0 Å². The number of methoxy groups -OCH3 is 1. The summed E-state index contributed by atoms with van der Waals surface area (Å²) >= 11 is 1.54. The van der Waals surface area contributed by atoms with Crippen LogP contribution in [-0.2, 0) is 16.4 Å². The fourth-order valence-electron chi connectivity index (χ4n) is 4.42. The monoisotopic (exact) mass is 465 g/mol. The van der Waals surface area contributed by atoms with E-state index >= 15 is 0 Å². The molecule has 170 valence electrons. The van der Waals surface area contributed by atoms with Gasteiger partial charge in [0, 0.05) is 43.8 Å². The Morgan fingerprint density at radius 1 is 1.06 bits per heavy atom. The van der Waals surface area contributed by atoms with Crippen molar-refractivity contribution in [1.82, 2.24) is 14.2 Å². The van der Waals surface area contributed by atoms with Crippen molar-refractivity contribution in [1.29, 1.82) is 0 Å². The van der Waals surface area contributed by atoms with Crippen molar-refractivity contribution in [3.8, 4) is 10.9 Å². The average Bonchev–Trinajstić information content (AvgIpc) is 3.32. The average molecular weight is 466 g/mol. The fourth-order valence-corrected chi connectivity index (χ4v) is 6.49. The molecule has 31 heavy (non-hydrogen) atoms. The van der Waals surface area contributed by atoms with Crippen molar-refractivity contribution in [3.05, 3.63) is 41.4 Å². The minimum Gasteiger partial charge on any atom is -0.497 e. The molecule has 2 saturated heterocycles. The molecule has 1 aromatic carbocycles. The zero-order valence-electron chi connectivity index (χ0n) is 18.0. The van der Waals surface area contributed by atoms with Crippen molar-refractivity contribution in [3.63, 3.8) is 0 Å². The molecule has 0 unspecified atom stereocenters. The van der Waals surface area contributed by atoms with Crippen LogP contribution < -0.4 is 9.47 Å². The van der Waals surface area contributed by atoms with Gasteiger partial charge in [-0.15, -0.1) is 0 Å². The summed E-state index contributed by atoms with van der Waals surface area (Å²) in [6.07, 6.45) is 6.34. The molecule has 0 bridgehead atoms. The van der Waals surface area contributed by atoms with Gasteiger partial charge in [0.05, 0.1) is 12.9 Å². The van der Waals surface area contributed by atoms with Crippen LogP contribution in [0.4, 0.5) is 0 Å². The van der Waals surface area contributed by atoms with Gasteiger partial charge >= 0.3 is 0 Å². The molecule has 2 aromatic rings. The maximum absolute atomic E-state index is 12.8. The van der Waals surface area contributed by atoms with Gasteiger partial charge in [-0.1, -0.05) is 23.5 Å². The molecule has 0 saturated carbocycles. The van der Waals surface area contributed by atoms with E-state index in [1.165, 1.54) is 11.3 Å². The molecule has 7 nitrogen and oxygen atoms in total. The Kier molecular flexibility index (Phi) is 7.47. The maximum atomic E-state index is 12.8. The van der Waals surface area contributed by atoms with Gasteiger partial charge in [0.1, 0.15) is 11.9 Å². The molecule has 9 heteroatoms. The number of nitrogens with zero attached hydrogens (tertiary/aromatic N) is 3. The van der Waals surface area contributed by atoms with Crippen molar-refractivity contribution in [2.75, 3.05) is 39.0 Å². The first-order chi connectivity index (χ1) is 15.0. The lowest BCUT2D eigenvalue weighted by Gasteiger charge is -2.41. The number of rotatable bonds is 8. The molecule has 2 aliphatic rings. The molecule has 3 heterocycles. The van der Waals surface area contributed by atoms with E-state index in [9.17, 15) is 8.42 Å². The van der Waals surface area contributed by atoms with Crippen LogP contribution >= 0.6 is 11.3 Å². The Morgan fingerprint density at radius 2 is 1.77 bits per heavy atom. The highest BCUT2D eigenvalue weighted by Gasteiger charge is 2.32. The van der Waals surface area contributed by atoms with Gasteiger partial charge in [-0.3, -0.25) is 0 Å². The predicted octanol–water partition coefficient (Wildman–Crippen LogP) is 3.03. The van der Waals surface area contributed by atoms with E-state index in [1.807, 2.05) is 29.6 Å². The third kappa shape index (κ3) is 5.97. The third-order valence-electron chi connectivity index (χ3n) is 6.29. The molecular weight excluding hydrogens is 434 g/mol. The number of aromatic nitrogens is 1. The Labute approximate surface area is 189 Å². The quantitative estimate of drug-likeness (QED) is 0.597. The van der Waals surface area contributed by atoms with Crippen LogP contribution in [0.5, 0.6) is 10.9 Å². The van der Waals surface area contributed by atoms with Crippen molar-refractivity contribution < 1.29 is 17.9 Å². The molecule has 0 atom stereocenters. The highest BCUT2D eigenvalue weighted by Crippen LogP contribution is 2.26. The summed E-state index contributed by atoms with van der Waals surface area (Å²) in [6.45, 7) is 3.24.